The lowest BCUT2D eigenvalue weighted by molar-refractivity contribution is 0.273. The molecule has 3 N–H and O–H groups in total. The van der Waals surface area contributed by atoms with Gasteiger partial charge in [0.15, 0.2) is 0 Å². The molecule has 0 bridgehead atoms. The molecule has 0 spiro atoms. The Balaban J connectivity index is 2.95. The van der Waals surface area contributed by atoms with E-state index in [1.54, 1.807) is 7.11 Å². The van der Waals surface area contributed by atoms with Crippen molar-refractivity contribution in [2.24, 2.45) is 0 Å². The van der Waals surface area contributed by atoms with Crippen LogP contribution in [0, 0.1) is 0 Å². The predicted octanol–water partition coefficient (Wildman–Crippen LogP) is 1.37. The summed E-state index contributed by atoms with van der Waals surface area (Å²) in [7, 11) is 1.58. The minimum Gasteiger partial charge on any atom is -0.495 e. The van der Waals surface area contributed by atoms with Gasteiger partial charge in [0.2, 0.25) is 0 Å². The smallest absolute Gasteiger partial charge is 0.141 e. The summed E-state index contributed by atoms with van der Waals surface area (Å²) in [5, 5.41) is 8.93. The Morgan fingerprint density at radius 3 is 2.69 bits per heavy atom. The third-order valence-corrected chi connectivity index (χ3v) is 2.10. The highest BCUT2D eigenvalue weighted by Crippen LogP contribution is 2.25. The maximum absolute atomic E-state index is 8.93. The summed E-state index contributed by atoms with van der Waals surface area (Å²) in [4.78, 5) is 0. The van der Waals surface area contributed by atoms with Gasteiger partial charge in [0.05, 0.1) is 12.8 Å². The summed E-state index contributed by atoms with van der Waals surface area (Å²) >= 11 is 0. The van der Waals surface area contributed by atoms with Gasteiger partial charge in [-0.05, 0) is 17.7 Å². The van der Waals surface area contributed by atoms with Gasteiger partial charge in [-0.15, -0.1) is 0 Å². The SMILES string of the molecule is COc1ccc(C(C)CO)cc1N. The number of hydrogen-bond acceptors (Lipinski definition) is 3. The summed E-state index contributed by atoms with van der Waals surface area (Å²) in [6, 6.07) is 5.56. The van der Waals surface area contributed by atoms with Crippen molar-refractivity contribution in [3.05, 3.63) is 23.8 Å². The van der Waals surface area contributed by atoms with Gasteiger partial charge in [0.1, 0.15) is 5.75 Å². The molecule has 1 rings (SSSR count). The average molecular weight is 181 g/mol. The molecule has 0 amide bonds. The molecule has 1 atom stereocenters. The topological polar surface area (TPSA) is 55.5 Å². The first-order valence-corrected chi connectivity index (χ1v) is 4.23. The molecule has 0 aliphatic heterocycles. The largest absolute Gasteiger partial charge is 0.495 e. The molecule has 1 aromatic rings. The second-order valence-electron chi connectivity index (χ2n) is 3.09. The molecular formula is C10H15NO2. The standard InChI is InChI=1S/C10H15NO2/c1-7(6-12)8-3-4-10(13-2)9(11)5-8/h3-5,7,12H,6,11H2,1-2H3. The van der Waals surface area contributed by atoms with Crippen molar-refractivity contribution in [1.29, 1.82) is 0 Å². The first-order chi connectivity index (χ1) is 6.19. The fraction of sp³-hybridized carbons (Fsp3) is 0.400. The number of aliphatic hydroxyl groups is 1. The van der Waals surface area contributed by atoms with Crippen LogP contribution in [0.3, 0.4) is 0 Å². The first kappa shape index (κ1) is 9.86. The molecule has 0 aliphatic rings. The van der Waals surface area contributed by atoms with Crippen LogP contribution in [0.1, 0.15) is 18.4 Å². The Kier molecular flexibility index (Phi) is 3.14. The van der Waals surface area contributed by atoms with Crippen molar-refractivity contribution in [3.8, 4) is 5.75 Å². The van der Waals surface area contributed by atoms with Crippen molar-refractivity contribution in [2.75, 3.05) is 19.5 Å². The Morgan fingerprint density at radius 1 is 1.54 bits per heavy atom. The Morgan fingerprint density at radius 2 is 2.23 bits per heavy atom. The fourth-order valence-corrected chi connectivity index (χ4v) is 1.16. The second kappa shape index (κ2) is 4.14. The number of methoxy groups -OCH3 is 1. The number of hydrogen-bond donors (Lipinski definition) is 2. The molecule has 1 unspecified atom stereocenters. The fourth-order valence-electron chi connectivity index (χ4n) is 1.16. The molecule has 0 aromatic heterocycles. The first-order valence-electron chi connectivity index (χ1n) is 4.23. The lowest BCUT2D eigenvalue weighted by Gasteiger charge is -2.11. The normalized spacial score (nSPS) is 12.5. The maximum Gasteiger partial charge on any atom is 0.141 e. The number of benzene rings is 1. The Labute approximate surface area is 78.1 Å². The number of ether oxygens (including phenoxy) is 1. The highest BCUT2D eigenvalue weighted by atomic mass is 16.5. The zero-order chi connectivity index (χ0) is 9.84. The number of nitrogens with two attached hydrogens (primary N) is 1. The van der Waals surface area contributed by atoms with Crippen molar-refractivity contribution in [2.45, 2.75) is 12.8 Å². The maximum atomic E-state index is 8.93. The van der Waals surface area contributed by atoms with Crippen LogP contribution in [0.15, 0.2) is 18.2 Å². The number of aliphatic hydroxyl groups excluding tert-OH is 1. The molecule has 0 saturated carbocycles. The van der Waals surface area contributed by atoms with Gasteiger partial charge in [-0.3, -0.25) is 0 Å². The van der Waals surface area contributed by atoms with Crippen molar-refractivity contribution in [3.63, 3.8) is 0 Å². The van der Waals surface area contributed by atoms with Crippen LogP contribution in [0.2, 0.25) is 0 Å². The van der Waals surface area contributed by atoms with Gasteiger partial charge >= 0.3 is 0 Å². The van der Waals surface area contributed by atoms with Crippen LogP contribution < -0.4 is 10.5 Å². The molecule has 0 aliphatic carbocycles. The third-order valence-electron chi connectivity index (χ3n) is 2.10. The lowest BCUT2D eigenvalue weighted by Crippen LogP contribution is -2.00. The van der Waals surface area contributed by atoms with Crippen LogP contribution in [0.4, 0.5) is 5.69 Å². The highest BCUT2D eigenvalue weighted by molar-refractivity contribution is 5.54. The zero-order valence-electron chi connectivity index (χ0n) is 7.95. The second-order valence-corrected chi connectivity index (χ2v) is 3.09. The van der Waals surface area contributed by atoms with E-state index >= 15 is 0 Å². The Hall–Kier alpha value is -1.22. The van der Waals surface area contributed by atoms with Gasteiger partial charge in [0, 0.05) is 12.5 Å². The van der Waals surface area contributed by atoms with E-state index in [0.717, 1.165) is 5.56 Å². The average Bonchev–Trinajstić information content (AvgIpc) is 2.16. The number of nitrogen functional groups attached to an aromatic ring is 1. The monoisotopic (exact) mass is 181 g/mol. The summed E-state index contributed by atoms with van der Waals surface area (Å²) < 4.78 is 5.03. The van der Waals surface area contributed by atoms with E-state index in [1.165, 1.54) is 0 Å². The van der Waals surface area contributed by atoms with Gasteiger partial charge in [0.25, 0.3) is 0 Å². The Bertz CT molecular complexity index is 286. The summed E-state index contributed by atoms with van der Waals surface area (Å²) in [5.74, 6) is 0.794. The van der Waals surface area contributed by atoms with Crippen molar-refractivity contribution < 1.29 is 9.84 Å². The highest BCUT2D eigenvalue weighted by Gasteiger charge is 2.06. The molecule has 1 aromatic carbocycles. The molecular weight excluding hydrogens is 166 g/mol. The van der Waals surface area contributed by atoms with E-state index < -0.39 is 0 Å². The van der Waals surface area contributed by atoms with Gasteiger partial charge < -0.3 is 15.6 Å². The summed E-state index contributed by atoms with van der Waals surface area (Å²) in [6.45, 7) is 2.08. The lowest BCUT2D eigenvalue weighted by atomic mass is 10.0. The number of anilines is 1. The molecule has 13 heavy (non-hydrogen) atoms. The number of rotatable bonds is 3. The van der Waals surface area contributed by atoms with Gasteiger partial charge in [-0.1, -0.05) is 13.0 Å². The van der Waals surface area contributed by atoms with E-state index in [1.807, 2.05) is 25.1 Å². The van der Waals surface area contributed by atoms with Crippen LogP contribution in [-0.4, -0.2) is 18.8 Å². The minimum absolute atomic E-state index is 0.119. The van der Waals surface area contributed by atoms with E-state index in [0.29, 0.717) is 11.4 Å². The van der Waals surface area contributed by atoms with E-state index in [2.05, 4.69) is 0 Å². The zero-order valence-corrected chi connectivity index (χ0v) is 7.95. The quantitative estimate of drug-likeness (QED) is 0.692. The van der Waals surface area contributed by atoms with Gasteiger partial charge in [-0.2, -0.15) is 0 Å². The van der Waals surface area contributed by atoms with E-state index in [4.69, 9.17) is 15.6 Å². The third kappa shape index (κ3) is 2.12. The van der Waals surface area contributed by atoms with Crippen molar-refractivity contribution in [1.82, 2.24) is 0 Å². The molecule has 3 nitrogen and oxygen atoms in total. The van der Waals surface area contributed by atoms with E-state index in [9.17, 15) is 0 Å². The minimum atomic E-state index is 0.119. The van der Waals surface area contributed by atoms with Crippen LogP contribution in [-0.2, 0) is 0 Å². The molecule has 0 heterocycles. The molecule has 0 saturated heterocycles. The van der Waals surface area contributed by atoms with E-state index in [-0.39, 0.29) is 12.5 Å². The van der Waals surface area contributed by atoms with Crippen molar-refractivity contribution >= 4 is 5.69 Å². The molecule has 3 heteroatoms. The van der Waals surface area contributed by atoms with Gasteiger partial charge in [-0.25, -0.2) is 0 Å². The molecule has 72 valence electrons. The summed E-state index contributed by atoms with van der Waals surface area (Å²) in [6.07, 6.45) is 0. The molecule has 0 radical (unpaired) electrons. The van der Waals surface area contributed by atoms with Crippen LogP contribution in [0.5, 0.6) is 5.75 Å². The summed E-state index contributed by atoms with van der Waals surface area (Å²) in [5.41, 5.74) is 7.36. The predicted molar refractivity (Wildman–Crippen MR) is 52.9 cm³/mol. The van der Waals surface area contributed by atoms with Crippen LogP contribution >= 0.6 is 0 Å². The molecule has 0 fully saturated rings. The van der Waals surface area contributed by atoms with Crippen LogP contribution in [0.25, 0.3) is 0 Å².